The van der Waals surface area contributed by atoms with Gasteiger partial charge >= 0.3 is 0 Å². The summed E-state index contributed by atoms with van der Waals surface area (Å²) in [4.78, 5) is 0. The largest absolute Gasteiger partial charge is 0.0625 e. The van der Waals surface area contributed by atoms with Crippen LogP contribution >= 0.6 is 0 Å². The summed E-state index contributed by atoms with van der Waals surface area (Å²) in [5, 5.41) is 0. The zero-order chi connectivity index (χ0) is 12.0. The topological polar surface area (TPSA) is 0 Å². The lowest BCUT2D eigenvalue weighted by Crippen LogP contribution is -2.09. The average Bonchev–Trinajstić information content (AvgIpc) is 2.17. The third-order valence-corrected chi connectivity index (χ3v) is 4.40. The molecule has 2 rings (SSSR count). The second kappa shape index (κ2) is 7.35. The summed E-state index contributed by atoms with van der Waals surface area (Å²) < 4.78 is 0. The van der Waals surface area contributed by atoms with E-state index in [1.807, 2.05) is 0 Å². The Bertz CT molecular complexity index is 137. The molecule has 2 aliphatic rings. The van der Waals surface area contributed by atoms with Crippen LogP contribution < -0.4 is 0 Å². The van der Waals surface area contributed by atoms with Crippen molar-refractivity contribution in [1.29, 1.82) is 0 Å². The van der Waals surface area contributed by atoms with Crippen LogP contribution in [0.25, 0.3) is 0 Å². The standard InChI is InChI=1S/2C8H16/c2*1-7-4-3-5-8(2)6-7/h2*7-8H,3-6H2,1-2H3/t7-,8+;7-,8-/m.1/s1. The van der Waals surface area contributed by atoms with Crippen LogP contribution in [0.2, 0.25) is 0 Å². The van der Waals surface area contributed by atoms with Gasteiger partial charge < -0.3 is 0 Å². The SMILES string of the molecule is C[C@@H]1CCC[C@@H](C)C1.C[C@@H]1CCC[C@H](C)C1. The van der Waals surface area contributed by atoms with Gasteiger partial charge in [0, 0.05) is 0 Å². The molecule has 2 fully saturated rings. The molecule has 0 aromatic carbocycles. The van der Waals surface area contributed by atoms with Crippen LogP contribution in [0.1, 0.15) is 79.1 Å². The highest BCUT2D eigenvalue weighted by molar-refractivity contribution is 4.66. The zero-order valence-electron chi connectivity index (χ0n) is 12.0. The van der Waals surface area contributed by atoms with Crippen molar-refractivity contribution in [3.05, 3.63) is 0 Å². The Kier molecular flexibility index (Phi) is 6.46. The van der Waals surface area contributed by atoms with Crippen molar-refractivity contribution in [2.24, 2.45) is 23.7 Å². The van der Waals surface area contributed by atoms with Crippen LogP contribution in [-0.4, -0.2) is 0 Å². The van der Waals surface area contributed by atoms with Crippen LogP contribution in [0, 0.1) is 23.7 Å². The van der Waals surface area contributed by atoms with E-state index in [9.17, 15) is 0 Å². The maximum absolute atomic E-state index is 2.37. The maximum atomic E-state index is 2.37. The van der Waals surface area contributed by atoms with Crippen LogP contribution in [0.4, 0.5) is 0 Å². The van der Waals surface area contributed by atoms with Crippen LogP contribution in [-0.2, 0) is 0 Å². The van der Waals surface area contributed by atoms with Crippen molar-refractivity contribution in [3.8, 4) is 0 Å². The fourth-order valence-electron chi connectivity index (χ4n) is 3.47. The van der Waals surface area contributed by atoms with Gasteiger partial charge in [0.05, 0.1) is 0 Å². The second-order valence-corrected chi connectivity index (χ2v) is 6.75. The number of hydrogen-bond acceptors (Lipinski definition) is 0. The van der Waals surface area contributed by atoms with Gasteiger partial charge in [-0.25, -0.2) is 0 Å². The summed E-state index contributed by atoms with van der Waals surface area (Å²) in [7, 11) is 0. The maximum Gasteiger partial charge on any atom is -0.0440 e. The van der Waals surface area contributed by atoms with E-state index in [0.29, 0.717) is 0 Å². The van der Waals surface area contributed by atoms with Gasteiger partial charge in [0.2, 0.25) is 0 Å². The Balaban J connectivity index is 0.000000160. The molecule has 96 valence electrons. The summed E-state index contributed by atoms with van der Waals surface area (Å²) in [5.41, 5.74) is 0. The minimum absolute atomic E-state index is 1.01. The molecule has 0 aromatic rings. The second-order valence-electron chi connectivity index (χ2n) is 6.75. The first kappa shape index (κ1) is 14.1. The molecule has 0 heteroatoms. The van der Waals surface area contributed by atoms with Gasteiger partial charge in [-0.1, -0.05) is 66.2 Å². The van der Waals surface area contributed by atoms with Gasteiger partial charge in [-0.2, -0.15) is 0 Å². The summed E-state index contributed by atoms with van der Waals surface area (Å²) in [5.74, 6) is 4.05. The van der Waals surface area contributed by atoms with Gasteiger partial charge in [0.25, 0.3) is 0 Å². The fraction of sp³-hybridized carbons (Fsp3) is 1.00. The van der Waals surface area contributed by atoms with E-state index < -0.39 is 0 Å². The van der Waals surface area contributed by atoms with Crippen LogP contribution in [0.3, 0.4) is 0 Å². The average molecular weight is 224 g/mol. The molecule has 0 bridgehead atoms. The van der Waals surface area contributed by atoms with Crippen molar-refractivity contribution in [1.82, 2.24) is 0 Å². The number of hydrogen-bond donors (Lipinski definition) is 0. The Labute approximate surface area is 103 Å². The van der Waals surface area contributed by atoms with Gasteiger partial charge in [-0.05, 0) is 36.5 Å². The normalized spacial score (nSPS) is 39.8. The summed E-state index contributed by atoms with van der Waals surface area (Å²) in [6.07, 6.45) is 11.8. The van der Waals surface area contributed by atoms with Gasteiger partial charge in [-0.3, -0.25) is 0 Å². The molecular weight excluding hydrogens is 192 g/mol. The first-order valence-electron chi connectivity index (χ1n) is 7.58. The monoisotopic (exact) mass is 224 g/mol. The Morgan fingerprint density at radius 3 is 0.875 bits per heavy atom. The lowest BCUT2D eigenvalue weighted by molar-refractivity contribution is 0.301. The summed E-state index contributed by atoms with van der Waals surface area (Å²) >= 11 is 0. The molecule has 2 saturated carbocycles. The van der Waals surface area contributed by atoms with Gasteiger partial charge in [0.1, 0.15) is 0 Å². The smallest absolute Gasteiger partial charge is 0.0440 e. The molecule has 0 spiro atoms. The molecule has 2 aliphatic carbocycles. The van der Waals surface area contributed by atoms with Gasteiger partial charge in [-0.15, -0.1) is 0 Å². The van der Waals surface area contributed by atoms with Crippen molar-refractivity contribution < 1.29 is 0 Å². The zero-order valence-corrected chi connectivity index (χ0v) is 12.0. The molecule has 0 nitrogen and oxygen atoms in total. The summed E-state index contributed by atoms with van der Waals surface area (Å²) in [6.45, 7) is 9.48. The Hall–Kier alpha value is 0. The third-order valence-electron chi connectivity index (χ3n) is 4.40. The molecule has 16 heavy (non-hydrogen) atoms. The molecule has 0 amide bonds. The summed E-state index contributed by atoms with van der Waals surface area (Å²) in [6, 6.07) is 0. The Morgan fingerprint density at radius 1 is 0.500 bits per heavy atom. The molecule has 0 aromatic heterocycles. The minimum Gasteiger partial charge on any atom is -0.0625 e. The molecule has 0 saturated heterocycles. The molecule has 0 radical (unpaired) electrons. The molecule has 0 unspecified atom stereocenters. The van der Waals surface area contributed by atoms with Crippen LogP contribution in [0.5, 0.6) is 0 Å². The first-order valence-corrected chi connectivity index (χ1v) is 7.58. The van der Waals surface area contributed by atoms with Crippen molar-refractivity contribution in [2.75, 3.05) is 0 Å². The van der Waals surface area contributed by atoms with Crippen molar-refractivity contribution in [2.45, 2.75) is 79.1 Å². The van der Waals surface area contributed by atoms with E-state index in [4.69, 9.17) is 0 Å². The third kappa shape index (κ3) is 5.92. The predicted octanol–water partition coefficient (Wildman–Crippen LogP) is 5.67. The van der Waals surface area contributed by atoms with Crippen molar-refractivity contribution >= 4 is 0 Å². The predicted molar refractivity (Wildman–Crippen MR) is 73.6 cm³/mol. The lowest BCUT2D eigenvalue weighted by atomic mass is 9.84. The highest BCUT2D eigenvalue weighted by atomic mass is 14.2. The van der Waals surface area contributed by atoms with Gasteiger partial charge in [0.15, 0.2) is 0 Å². The van der Waals surface area contributed by atoms with E-state index >= 15 is 0 Å². The minimum atomic E-state index is 1.01. The molecular formula is C16H32. The van der Waals surface area contributed by atoms with Crippen molar-refractivity contribution in [3.63, 3.8) is 0 Å². The molecule has 4 atom stereocenters. The van der Waals surface area contributed by atoms with E-state index in [2.05, 4.69) is 27.7 Å². The highest BCUT2D eigenvalue weighted by Crippen LogP contribution is 2.28. The highest BCUT2D eigenvalue weighted by Gasteiger charge is 2.14. The molecule has 0 heterocycles. The van der Waals surface area contributed by atoms with E-state index in [1.165, 1.54) is 51.4 Å². The van der Waals surface area contributed by atoms with E-state index in [0.717, 1.165) is 23.7 Å². The Morgan fingerprint density at radius 2 is 0.750 bits per heavy atom. The first-order chi connectivity index (χ1) is 7.58. The van der Waals surface area contributed by atoms with E-state index in [-0.39, 0.29) is 0 Å². The molecule has 0 aliphatic heterocycles. The fourth-order valence-corrected chi connectivity index (χ4v) is 3.47. The van der Waals surface area contributed by atoms with Crippen LogP contribution in [0.15, 0.2) is 0 Å². The molecule has 0 N–H and O–H groups in total. The lowest BCUT2D eigenvalue weighted by Gasteiger charge is -2.22. The quantitative estimate of drug-likeness (QED) is 0.497. The van der Waals surface area contributed by atoms with E-state index in [1.54, 1.807) is 0 Å². The number of rotatable bonds is 0.